The van der Waals surface area contributed by atoms with E-state index in [4.69, 9.17) is 11.0 Å². The molecule has 0 radical (unpaired) electrons. The Kier molecular flexibility index (Phi) is 3.64. The van der Waals surface area contributed by atoms with E-state index in [1.807, 2.05) is 53.1 Å². The maximum atomic E-state index is 8.89. The Balaban J connectivity index is 1.58. The first-order valence-electron chi connectivity index (χ1n) is 7.97. The predicted molar refractivity (Wildman–Crippen MR) is 91.9 cm³/mol. The number of imidazole rings is 1. The molecule has 2 aromatic carbocycles. The second-order valence-electron chi connectivity index (χ2n) is 6.09. The van der Waals surface area contributed by atoms with Crippen molar-refractivity contribution in [3.63, 3.8) is 0 Å². The summed E-state index contributed by atoms with van der Waals surface area (Å²) in [6.07, 6.45) is 4.04. The number of aromatic nitrogens is 2. The molecule has 122 valence electrons. The fraction of sp³-hybridized carbons (Fsp3) is 0.158. The van der Waals surface area contributed by atoms with E-state index in [2.05, 4.69) is 21.0 Å². The molecule has 0 atom stereocenters. The van der Waals surface area contributed by atoms with Gasteiger partial charge in [0.2, 0.25) is 5.79 Å². The highest BCUT2D eigenvalue weighted by Gasteiger charge is 2.27. The zero-order valence-electron chi connectivity index (χ0n) is 13.5. The highest BCUT2D eigenvalue weighted by atomic mass is 15.2. The van der Waals surface area contributed by atoms with Gasteiger partial charge in [-0.15, -0.1) is 0 Å². The van der Waals surface area contributed by atoms with Crippen LogP contribution >= 0.6 is 0 Å². The smallest absolute Gasteiger partial charge is 0.208 e. The van der Waals surface area contributed by atoms with E-state index < -0.39 is 5.79 Å². The van der Waals surface area contributed by atoms with Gasteiger partial charge in [0.05, 0.1) is 28.7 Å². The van der Waals surface area contributed by atoms with Gasteiger partial charge in [-0.2, -0.15) is 5.26 Å². The lowest BCUT2D eigenvalue weighted by atomic mass is 10.1. The fourth-order valence-corrected chi connectivity index (χ4v) is 2.96. The van der Waals surface area contributed by atoms with E-state index in [0.717, 1.165) is 22.0 Å². The molecule has 6 nitrogen and oxygen atoms in total. The highest BCUT2D eigenvalue weighted by Crippen LogP contribution is 2.16. The summed E-state index contributed by atoms with van der Waals surface area (Å²) < 4.78 is 2.03. The first kappa shape index (κ1) is 15.2. The van der Waals surface area contributed by atoms with Gasteiger partial charge >= 0.3 is 0 Å². The summed E-state index contributed by atoms with van der Waals surface area (Å²) in [5, 5.41) is 10.5. The Morgan fingerprint density at radius 2 is 1.72 bits per heavy atom. The van der Waals surface area contributed by atoms with Crippen molar-refractivity contribution in [2.45, 2.75) is 18.8 Å². The maximum Gasteiger partial charge on any atom is 0.208 e. The lowest BCUT2D eigenvalue weighted by molar-refractivity contribution is 0.449. The molecule has 1 aliphatic heterocycles. The van der Waals surface area contributed by atoms with Crippen LogP contribution < -0.4 is 16.4 Å². The van der Waals surface area contributed by atoms with E-state index in [1.165, 1.54) is 0 Å². The average molecular weight is 328 g/mol. The standard InChI is InChI=1S/C19H16N6/c20-10-14-5-7-15(8-6-14)12-25-13-22-11-16(25)9-19(21)23-17-3-1-2-4-18(17)24-19/h1-8,11,13H,9,12,21H2. The van der Waals surface area contributed by atoms with Crippen LogP contribution in [0.25, 0.3) is 0 Å². The third-order valence-electron chi connectivity index (χ3n) is 4.19. The number of nitrogens with two attached hydrogens (primary N) is 1. The Morgan fingerprint density at radius 3 is 2.36 bits per heavy atom. The normalized spacial score (nSPS) is 14.2. The summed E-state index contributed by atoms with van der Waals surface area (Å²) in [7, 11) is 0. The van der Waals surface area contributed by atoms with Crippen molar-refractivity contribution in [3.05, 3.63) is 88.6 Å². The third-order valence-corrected chi connectivity index (χ3v) is 4.19. The van der Waals surface area contributed by atoms with E-state index in [0.29, 0.717) is 18.5 Å². The Hall–Kier alpha value is -3.30. The van der Waals surface area contributed by atoms with Crippen molar-refractivity contribution >= 4 is 0 Å². The van der Waals surface area contributed by atoms with Gasteiger partial charge in [-0.1, -0.05) is 24.3 Å². The first-order valence-corrected chi connectivity index (χ1v) is 7.97. The van der Waals surface area contributed by atoms with Crippen LogP contribution in [0.3, 0.4) is 0 Å². The van der Waals surface area contributed by atoms with Crippen LogP contribution in [0, 0.1) is 11.3 Å². The SMILES string of the molecule is N#Cc1ccc(Cn2cncc2CC2(N)N=c3ccccc3=N2)cc1. The number of rotatable bonds is 4. The van der Waals surface area contributed by atoms with Crippen LogP contribution in [-0.4, -0.2) is 15.3 Å². The molecule has 0 saturated carbocycles. The molecule has 0 spiro atoms. The van der Waals surface area contributed by atoms with Crippen LogP contribution in [0.4, 0.5) is 0 Å². The quantitative estimate of drug-likeness (QED) is 0.771. The molecule has 0 amide bonds. The van der Waals surface area contributed by atoms with Crippen molar-refractivity contribution in [1.29, 1.82) is 5.26 Å². The van der Waals surface area contributed by atoms with E-state index in [-0.39, 0.29) is 0 Å². The summed E-state index contributed by atoms with van der Waals surface area (Å²) in [5.41, 5.74) is 9.10. The fourth-order valence-electron chi connectivity index (χ4n) is 2.96. The molecule has 4 rings (SSSR count). The van der Waals surface area contributed by atoms with Gasteiger partial charge in [-0.05, 0) is 29.8 Å². The van der Waals surface area contributed by atoms with Gasteiger partial charge in [0, 0.05) is 24.9 Å². The number of nitrogens with zero attached hydrogens (tertiary/aromatic N) is 5. The Bertz CT molecular complexity index is 1040. The lowest BCUT2D eigenvalue weighted by Crippen LogP contribution is -2.38. The van der Waals surface area contributed by atoms with Crippen LogP contribution in [0.15, 0.2) is 71.0 Å². The van der Waals surface area contributed by atoms with Crippen molar-refractivity contribution in [2.75, 3.05) is 0 Å². The maximum absolute atomic E-state index is 8.89. The van der Waals surface area contributed by atoms with Crippen LogP contribution in [0.1, 0.15) is 16.8 Å². The average Bonchev–Trinajstić information content (AvgIpc) is 3.18. The molecule has 0 unspecified atom stereocenters. The summed E-state index contributed by atoms with van der Waals surface area (Å²) in [6.45, 7) is 0.657. The second kappa shape index (κ2) is 5.96. The van der Waals surface area contributed by atoms with Gasteiger partial charge < -0.3 is 4.57 Å². The molecule has 2 N–H and O–H groups in total. The predicted octanol–water partition coefficient (Wildman–Crippen LogP) is 0.911. The van der Waals surface area contributed by atoms with Crippen molar-refractivity contribution in [1.82, 2.24) is 9.55 Å². The second-order valence-corrected chi connectivity index (χ2v) is 6.09. The number of para-hydroxylation sites is 2. The van der Waals surface area contributed by atoms with Crippen LogP contribution in [0.5, 0.6) is 0 Å². The number of hydrogen-bond donors (Lipinski definition) is 1. The first-order chi connectivity index (χ1) is 12.1. The molecule has 0 saturated heterocycles. The van der Waals surface area contributed by atoms with Crippen LogP contribution in [0.2, 0.25) is 0 Å². The summed E-state index contributed by atoms with van der Waals surface area (Å²) in [6, 6.07) is 17.3. The molecule has 3 aromatic rings. The zero-order chi connectivity index (χ0) is 17.3. The lowest BCUT2D eigenvalue weighted by Gasteiger charge is -2.18. The molecular formula is C19H16N6. The van der Waals surface area contributed by atoms with Crippen molar-refractivity contribution < 1.29 is 0 Å². The van der Waals surface area contributed by atoms with E-state index in [1.54, 1.807) is 12.5 Å². The minimum atomic E-state index is -0.994. The molecule has 0 aliphatic carbocycles. The molecule has 0 fully saturated rings. The van der Waals surface area contributed by atoms with E-state index >= 15 is 0 Å². The van der Waals surface area contributed by atoms with Gasteiger partial charge in [-0.25, -0.2) is 15.0 Å². The molecular weight excluding hydrogens is 312 g/mol. The molecule has 1 aromatic heterocycles. The van der Waals surface area contributed by atoms with Gasteiger partial charge in [-0.3, -0.25) is 5.73 Å². The summed E-state index contributed by atoms with van der Waals surface area (Å²) in [4.78, 5) is 13.4. The van der Waals surface area contributed by atoms with E-state index in [9.17, 15) is 0 Å². The Morgan fingerprint density at radius 1 is 1.04 bits per heavy atom. The van der Waals surface area contributed by atoms with Gasteiger partial charge in [0.25, 0.3) is 0 Å². The van der Waals surface area contributed by atoms with Crippen LogP contribution in [-0.2, 0) is 13.0 Å². The molecule has 0 bridgehead atoms. The van der Waals surface area contributed by atoms with Crippen molar-refractivity contribution in [2.24, 2.45) is 15.7 Å². The monoisotopic (exact) mass is 328 g/mol. The number of benzene rings is 2. The molecule has 25 heavy (non-hydrogen) atoms. The number of nitriles is 1. The third kappa shape index (κ3) is 3.05. The highest BCUT2D eigenvalue weighted by molar-refractivity contribution is 5.31. The minimum absolute atomic E-state index is 0.470. The topological polar surface area (TPSA) is 92.3 Å². The molecule has 1 aliphatic rings. The molecule has 2 heterocycles. The number of fused-ring (bicyclic) bond motifs is 1. The summed E-state index contributed by atoms with van der Waals surface area (Å²) in [5.74, 6) is -0.994. The number of hydrogen-bond acceptors (Lipinski definition) is 5. The largest absolute Gasteiger partial charge is 0.330 e. The molecule has 6 heteroatoms. The minimum Gasteiger partial charge on any atom is -0.330 e. The van der Waals surface area contributed by atoms with Gasteiger partial charge in [0.1, 0.15) is 0 Å². The summed E-state index contributed by atoms with van der Waals surface area (Å²) >= 11 is 0. The zero-order valence-corrected chi connectivity index (χ0v) is 13.5. The van der Waals surface area contributed by atoms with Crippen molar-refractivity contribution in [3.8, 4) is 6.07 Å². The Labute approximate surface area is 144 Å². The van der Waals surface area contributed by atoms with Gasteiger partial charge in [0.15, 0.2) is 0 Å².